The summed E-state index contributed by atoms with van der Waals surface area (Å²) < 4.78 is 4.77. The molecule has 0 fully saturated rings. The summed E-state index contributed by atoms with van der Waals surface area (Å²) in [5, 5.41) is 3.05. The van der Waals surface area contributed by atoms with Crippen molar-refractivity contribution in [2.24, 2.45) is 0 Å². The van der Waals surface area contributed by atoms with Crippen molar-refractivity contribution in [1.29, 1.82) is 0 Å². The van der Waals surface area contributed by atoms with E-state index in [0.29, 0.717) is 0 Å². The Morgan fingerprint density at radius 3 is 2.75 bits per heavy atom. The number of ether oxygens (including phenoxy) is 1. The molecule has 3 heteroatoms. The molecule has 0 saturated carbocycles. The third-order valence-electron chi connectivity index (χ3n) is 0.898. The maximum Gasteiger partial charge on any atom is 0.110 e. The van der Waals surface area contributed by atoms with Crippen LogP contribution >= 0.6 is 0 Å². The second kappa shape index (κ2) is 5.13. The second-order valence-corrected chi connectivity index (χ2v) is 1.58. The predicted octanol–water partition coefficient (Wildman–Crippen LogP) is -0.263. The lowest BCUT2D eigenvalue weighted by molar-refractivity contribution is 0.165. The van der Waals surface area contributed by atoms with Crippen LogP contribution in [0.25, 0.3) is 0 Å². The Morgan fingerprint density at radius 2 is 2.38 bits per heavy atom. The summed E-state index contributed by atoms with van der Waals surface area (Å²) in [6.07, 6.45) is 0. The molecule has 0 aromatic rings. The molecular weight excluding hydrogens is 101 g/mol. The van der Waals surface area contributed by atoms with Crippen LogP contribution in [0.3, 0.4) is 0 Å². The van der Waals surface area contributed by atoms with Crippen molar-refractivity contribution in [3.05, 3.63) is 0 Å². The molecule has 0 amide bonds. The molecule has 8 heavy (non-hydrogen) atoms. The van der Waals surface area contributed by atoms with Gasteiger partial charge in [-0.1, -0.05) is 6.92 Å². The topological polar surface area (TPSA) is 21.3 Å². The number of hydrogen-bond donors (Lipinski definition) is 1. The standard InChI is InChI=1S/C5H12BNO/c1-3-7-4-5(6)8-2/h5,7H,3-4H2,1-2H3. The fraction of sp³-hybridized carbons (Fsp3) is 1.00. The van der Waals surface area contributed by atoms with Crippen LogP contribution in [0.1, 0.15) is 6.92 Å². The molecular formula is C5H12BNO. The fourth-order valence-corrected chi connectivity index (χ4v) is 0.370. The van der Waals surface area contributed by atoms with Gasteiger partial charge in [0.15, 0.2) is 0 Å². The van der Waals surface area contributed by atoms with Crippen LogP contribution in [0.5, 0.6) is 0 Å². The molecule has 0 aliphatic rings. The zero-order valence-corrected chi connectivity index (χ0v) is 5.48. The molecule has 2 nitrogen and oxygen atoms in total. The third kappa shape index (κ3) is 4.15. The molecule has 1 unspecified atom stereocenters. The highest BCUT2D eigenvalue weighted by Crippen LogP contribution is 1.76. The first-order chi connectivity index (χ1) is 3.81. The van der Waals surface area contributed by atoms with Gasteiger partial charge in [-0.05, 0) is 6.54 Å². The van der Waals surface area contributed by atoms with Gasteiger partial charge in [-0.25, -0.2) is 0 Å². The van der Waals surface area contributed by atoms with Gasteiger partial charge in [-0.2, -0.15) is 0 Å². The van der Waals surface area contributed by atoms with Gasteiger partial charge in [0.05, 0.1) is 0 Å². The average Bonchev–Trinajstić information content (AvgIpc) is 1.83. The molecule has 0 aromatic carbocycles. The van der Waals surface area contributed by atoms with Crippen LogP contribution in [0.2, 0.25) is 0 Å². The molecule has 1 atom stereocenters. The molecule has 0 aliphatic heterocycles. The average molecular weight is 113 g/mol. The van der Waals surface area contributed by atoms with Gasteiger partial charge in [0.25, 0.3) is 0 Å². The Hall–Kier alpha value is -0.0151. The molecule has 1 N–H and O–H groups in total. The summed E-state index contributed by atoms with van der Waals surface area (Å²) in [5.41, 5.74) is 0. The first kappa shape index (κ1) is 7.98. The van der Waals surface area contributed by atoms with Crippen molar-refractivity contribution >= 4 is 7.85 Å². The Balaban J connectivity index is 2.86. The molecule has 46 valence electrons. The van der Waals surface area contributed by atoms with Crippen molar-refractivity contribution in [3.63, 3.8) is 0 Å². The smallest absolute Gasteiger partial charge is 0.110 e. The van der Waals surface area contributed by atoms with Gasteiger partial charge in [0.1, 0.15) is 7.85 Å². The van der Waals surface area contributed by atoms with Crippen molar-refractivity contribution in [2.75, 3.05) is 20.2 Å². The van der Waals surface area contributed by atoms with Crippen LogP contribution in [0.15, 0.2) is 0 Å². The number of likely N-dealkylation sites (N-methyl/N-ethyl adjacent to an activating group) is 1. The van der Waals surface area contributed by atoms with E-state index in [1.54, 1.807) is 7.11 Å². The monoisotopic (exact) mass is 113 g/mol. The lowest BCUT2D eigenvalue weighted by Crippen LogP contribution is -2.28. The summed E-state index contributed by atoms with van der Waals surface area (Å²) in [7, 11) is 6.97. The van der Waals surface area contributed by atoms with Gasteiger partial charge in [-0.3, -0.25) is 0 Å². The third-order valence-corrected chi connectivity index (χ3v) is 0.898. The molecule has 0 rings (SSSR count). The zero-order valence-electron chi connectivity index (χ0n) is 5.48. The first-order valence-electron chi connectivity index (χ1n) is 2.80. The van der Waals surface area contributed by atoms with Crippen LogP contribution < -0.4 is 5.32 Å². The van der Waals surface area contributed by atoms with Crippen molar-refractivity contribution in [3.8, 4) is 0 Å². The number of rotatable bonds is 4. The van der Waals surface area contributed by atoms with E-state index in [9.17, 15) is 0 Å². The van der Waals surface area contributed by atoms with Crippen molar-refractivity contribution < 1.29 is 4.74 Å². The maximum atomic E-state index is 5.37. The summed E-state index contributed by atoms with van der Waals surface area (Å²) >= 11 is 0. The van der Waals surface area contributed by atoms with Crippen LogP contribution in [-0.2, 0) is 4.74 Å². The van der Waals surface area contributed by atoms with E-state index >= 15 is 0 Å². The SMILES string of the molecule is [B]C(CNCC)OC. The van der Waals surface area contributed by atoms with Crippen molar-refractivity contribution in [2.45, 2.75) is 12.9 Å². The van der Waals surface area contributed by atoms with Gasteiger partial charge in [0, 0.05) is 19.7 Å². The number of hydrogen-bond acceptors (Lipinski definition) is 2. The van der Waals surface area contributed by atoms with Crippen LogP contribution in [0.4, 0.5) is 0 Å². The van der Waals surface area contributed by atoms with Gasteiger partial charge in [0.2, 0.25) is 0 Å². The first-order valence-corrected chi connectivity index (χ1v) is 2.80. The zero-order chi connectivity index (χ0) is 6.41. The quantitative estimate of drug-likeness (QED) is 0.507. The minimum absolute atomic E-state index is 0.157. The second-order valence-electron chi connectivity index (χ2n) is 1.58. The normalized spacial score (nSPS) is 13.8. The van der Waals surface area contributed by atoms with E-state index in [-0.39, 0.29) is 6.00 Å². The fourth-order valence-electron chi connectivity index (χ4n) is 0.370. The summed E-state index contributed by atoms with van der Waals surface area (Å²) in [5.74, 6) is 0. The lowest BCUT2D eigenvalue weighted by Gasteiger charge is -2.08. The van der Waals surface area contributed by atoms with E-state index in [0.717, 1.165) is 13.1 Å². The Labute approximate surface area is 52.0 Å². The highest BCUT2D eigenvalue weighted by atomic mass is 16.5. The molecule has 0 spiro atoms. The molecule has 0 aromatic heterocycles. The molecule has 0 aliphatic carbocycles. The largest absolute Gasteiger partial charge is 0.390 e. The van der Waals surface area contributed by atoms with Crippen molar-refractivity contribution in [1.82, 2.24) is 5.32 Å². The summed E-state index contributed by atoms with van der Waals surface area (Å²) in [6.45, 7) is 3.70. The van der Waals surface area contributed by atoms with Crippen LogP contribution in [-0.4, -0.2) is 34.0 Å². The molecule has 2 radical (unpaired) electrons. The Bertz CT molecular complexity index is 51.7. The lowest BCUT2D eigenvalue weighted by atomic mass is 10.0. The van der Waals surface area contributed by atoms with Gasteiger partial charge in [-0.15, -0.1) is 0 Å². The number of methoxy groups -OCH3 is 1. The highest BCUT2D eigenvalue weighted by molar-refractivity contribution is 6.11. The summed E-state index contributed by atoms with van der Waals surface area (Å²) in [6, 6.07) is -0.157. The van der Waals surface area contributed by atoms with E-state index in [1.165, 1.54) is 0 Å². The minimum atomic E-state index is -0.157. The number of nitrogens with one attached hydrogen (secondary N) is 1. The van der Waals surface area contributed by atoms with Crippen LogP contribution in [0, 0.1) is 0 Å². The summed E-state index contributed by atoms with van der Waals surface area (Å²) in [4.78, 5) is 0. The molecule has 0 heterocycles. The van der Waals surface area contributed by atoms with Gasteiger partial charge >= 0.3 is 0 Å². The molecule has 0 bridgehead atoms. The minimum Gasteiger partial charge on any atom is -0.390 e. The highest BCUT2D eigenvalue weighted by Gasteiger charge is 1.93. The van der Waals surface area contributed by atoms with E-state index < -0.39 is 0 Å². The van der Waals surface area contributed by atoms with E-state index in [2.05, 4.69) is 5.32 Å². The maximum absolute atomic E-state index is 5.37. The van der Waals surface area contributed by atoms with E-state index in [1.807, 2.05) is 6.92 Å². The molecule has 0 saturated heterocycles. The Kier molecular flexibility index (Phi) is 5.12. The van der Waals surface area contributed by atoms with Gasteiger partial charge < -0.3 is 10.1 Å². The van der Waals surface area contributed by atoms with E-state index in [4.69, 9.17) is 12.6 Å². The Morgan fingerprint density at radius 1 is 1.75 bits per heavy atom. The predicted molar refractivity (Wildman–Crippen MR) is 35.1 cm³/mol.